The van der Waals surface area contributed by atoms with Crippen LogP contribution in [0.3, 0.4) is 0 Å². The number of nitrogens with zero attached hydrogens (tertiary/aromatic N) is 1. The Labute approximate surface area is 111 Å². The third-order valence-corrected chi connectivity index (χ3v) is 3.76. The van der Waals surface area contributed by atoms with Crippen molar-refractivity contribution in [3.8, 4) is 0 Å². The summed E-state index contributed by atoms with van der Waals surface area (Å²) in [4.78, 5) is 28.2. The van der Waals surface area contributed by atoms with E-state index in [4.69, 9.17) is 0 Å². The smallest absolute Gasteiger partial charge is 0.143 e. The minimum atomic E-state index is -0.457. The van der Waals surface area contributed by atoms with Crippen LogP contribution in [0.15, 0.2) is 36.5 Å². The molecule has 0 unspecified atom stereocenters. The SMILES string of the molecule is O=C1CCCC(=O)C1Cc1cccc2cccnc12. The molecule has 1 aromatic heterocycles. The second-order valence-electron chi connectivity index (χ2n) is 5.04. The molecule has 0 bridgehead atoms. The second kappa shape index (κ2) is 4.92. The van der Waals surface area contributed by atoms with E-state index < -0.39 is 5.92 Å². The van der Waals surface area contributed by atoms with Gasteiger partial charge in [-0.15, -0.1) is 0 Å². The number of carbonyl (C=O) groups excluding carboxylic acids is 2. The monoisotopic (exact) mass is 253 g/mol. The van der Waals surface area contributed by atoms with E-state index >= 15 is 0 Å². The normalized spacial score (nSPS) is 17.1. The van der Waals surface area contributed by atoms with Crippen LogP contribution in [-0.4, -0.2) is 16.6 Å². The molecule has 1 saturated carbocycles. The lowest BCUT2D eigenvalue weighted by atomic mass is 9.82. The lowest BCUT2D eigenvalue weighted by molar-refractivity contribution is -0.135. The molecule has 0 N–H and O–H groups in total. The molecule has 3 nitrogen and oxygen atoms in total. The van der Waals surface area contributed by atoms with E-state index in [-0.39, 0.29) is 11.6 Å². The maximum absolute atomic E-state index is 11.9. The van der Waals surface area contributed by atoms with Crippen molar-refractivity contribution in [2.75, 3.05) is 0 Å². The maximum atomic E-state index is 11.9. The minimum Gasteiger partial charge on any atom is -0.299 e. The molecular formula is C16H15NO2. The van der Waals surface area contributed by atoms with Crippen LogP contribution in [0.4, 0.5) is 0 Å². The molecule has 2 aromatic rings. The Bertz CT molecular complexity index is 627. The van der Waals surface area contributed by atoms with Gasteiger partial charge in [0.2, 0.25) is 0 Å². The first kappa shape index (κ1) is 12.0. The summed E-state index contributed by atoms with van der Waals surface area (Å²) in [5.74, 6) is -0.283. The molecule has 1 aromatic carbocycles. The van der Waals surface area contributed by atoms with E-state index in [9.17, 15) is 9.59 Å². The van der Waals surface area contributed by atoms with E-state index in [1.54, 1.807) is 6.20 Å². The Kier molecular flexibility index (Phi) is 3.11. The number of ketones is 2. The highest BCUT2D eigenvalue weighted by Gasteiger charge is 2.30. The molecule has 0 atom stereocenters. The number of hydrogen-bond donors (Lipinski definition) is 0. The van der Waals surface area contributed by atoms with Gasteiger partial charge in [0.1, 0.15) is 11.6 Å². The Balaban J connectivity index is 1.97. The third kappa shape index (κ3) is 2.28. The number of benzene rings is 1. The van der Waals surface area contributed by atoms with E-state index in [2.05, 4.69) is 4.98 Å². The molecule has 0 amide bonds. The van der Waals surface area contributed by atoms with Crippen molar-refractivity contribution in [1.29, 1.82) is 0 Å². The maximum Gasteiger partial charge on any atom is 0.143 e. The molecule has 3 rings (SSSR count). The van der Waals surface area contributed by atoms with Gasteiger partial charge in [0.05, 0.1) is 11.4 Å². The number of Topliss-reactive ketones (excluding diaryl/α,β-unsaturated/α-hetero) is 2. The van der Waals surface area contributed by atoms with Crippen LogP contribution in [0, 0.1) is 5.92 Å². The van der Waals surface area contributed by atoms with Gasteiger partial charge in [-0.2, -0.15) is 0 Å². The number of aromatic nitrogens is 1. The van der Waals surface area contributed by atoms with Gasteiger partial charge in [0.25, 0.3) is 0 Å². The van der Waals surface area contributed by atoms with Crippen LogP contribution in [0.25, 0.3) is 10.9 Å². The Hall–Kier alpha value is -2.03. The summed E-state index contributed by atoms with van der Waals surface area (Å²) in [6, 6.07) is 9.80. The molecule has 1 aliphatic carbocycles. The molecule has 96 valence electrons. The van der Waals surface area contributed by atoms with Crippen LogP contribution >= 0.6 is 0 Å². The zero-order chi connectivity index (χ0) is 13.2. The summed E-state index contributed by atoms with van der Waals surface area (Å²) in [6.07, 6.45) is 4.02. The molecule has 1 heterocycles. The van der Waals surface area contributed by atoms with Gasteiger partial charge in [-0.3, -0.25) is 14.6 Å². The van der Waals surface area contributed by atoms with Gasteiger partial charge in [-0.05, 0) is 24.5 Å². The highest BCUT2D eigenvalue weighted by molar-refractivity contribution is 6.04. The quantitative estimate of drug-likeness (QED) is 0.773. The van der Waals surface area contributed by atoms with E-state index in [1.165, 1.54) is 0 Å². The standard InChI is InChI=1S/C16H15NO2/c18-14-7-2-8-15(19)13(14)10-12-5-1-4-11-6-3-9-17-16(11)12/h1,3-6,9,13H,2,7-8,10H2. The number of carbonyl (C=O) groups is 2. The van der Waals surface area contributed by atoms with Crippen LogP contribution in [0.1, 0.15) is 24.8 Å². The molecule has 1 fully saturated rings. The fourth-order valence-electron chi connectivity index (χ4n) is 2.74. The van der Waals surface area contributed by atoms with Crippen LogP contribution in [-0.2, 0) is 16.0 Å². The fourth-order valence-corrected chi connectivity index (χ4v) is 2.74. The number of hydrogen-bond acceptors (Lipinski definition) is 3. The van der Waals surface area contributed by atoms with Gasteiger partial charge in [-0.1, -0.05) is 24.3 Å². The number of rotatable bonds is 2. The molecule has 0 aliphatic heterocycles. The van der Waals surface area contributed by atoms with E-state index in [0.29, 0.717) is 25.7 Å². The Morgan fingerprint density at radius 2 is 1.79 bits per heavy atom. The highest BCUT2D eigenvalue weighted by Crippen LogP contribution is 2.24. The average molecular weight is 253 g/mol. The second-order valence-corrected chi connectivity index (χ2v) is 5.04. The lowest BCUT2D eigenvalue weighted by Crippen LogP contribution is -2.30. The van der Waals surface area contributed by atoms with Gasteiger partial charge in [-0.25, -0.2) is 0 Å². The molecule has 0 spiro atoms. The van der Waals surface area contributed by atoms with Crippen molar-refractivity contribution in [1.82, 2.24) is 4.98 Å². The zero-order valence-corrected chi connectivity index (χ0v) is 10.6. The van der Waals surface area contributed by atoms with Crippen molar-refractivity contribution in [3.05, 3.63) is 42.1 Å². The van der Waals surface area contributed by atoms with E-state index in [1.807, 2.05) is 30.3 Å². The van der Waals surface area contributed by atoms with Crippen molar-refractivity contribution >= 4 is 22.5 Å². The molecule has 1 aliphatic rings. The van der Waals surface area contributed by atoms with Gasteiger partial charge in [0, 0.05) is 24.4 Å². The summed E-state index contributed by atoms with van der Waals surface area (Å²) < 4.78 is 0. The summed E-state index contributed by atoms with van der Waals surface area (Å²) in [7, 11) is 0. The lowest BCUT2D eigenvalue weighted by Gasteiger charge is -2.19. The Morgan fingerprint density at radius 3 is 2.58 bits per heavy atom. The number of pyridine rings is 1. The first-order valence-corrected chi connectivity index (χ1v) is 6.64. The summed E-state index contributed by atoms with van der Waals surface area (Å²) in [5, 5.41) is 1.05. The summed E-state index contributed by atoms with van der Waals surface area (Å²) in [6.45, 7) is 0. The first-order chi connectivity index (χ1) is 9.25. The predicted molar refractivity (Wildman–Crippen MR) is 72.8 cm³/mol. The van der Waals surface area contributed by atoms with Gasteiger partial charge >= 0.3 is 0 Å². The molecule has 3 heteroatoms. The fraction of sp³-hybridized carbons (Fsp3) is 0.312. The summed E-state index contributed by atoms with van der Waals surface area (Å²) in [5.41, 5.74) is 1.89. The molecule has 0 saturated heterocycles. The van der Waals surface area contributed by atoms with Crippen LogP contribution in [0.5, 0.6) is 0 Å². The summed E-state index contributed by atoms with van der Waals surface area (Å²) >= 11 is 0. The molecular weight excluding hydrogens is 238 g/mol. The predicted octanol–water partition coefficient (Wildman–Crippen LogP) is 2.72. The van der Waals surface area contributed by atoms with Gasteiger partial charge in [0.15, 0.2) is 0 Å². The van der Waals surface area contributed by atoms with Crippen molar-refractivity contribution < 1.29 is 9.59 Å². The molecule has 0 radical (unpaired) electrons. The third-order valence-electron chi connectivity index (χ3n) is 3.76. The number of para-hydroxylation sites is 1. The Morgan fingerprint density at radius 1 is 1.05 bits per heavy atom. The van der Waals surface area contributed by atoms with Crippen molar-refractivity contribution in [3.63, 3.8) is 0 Å². The highest BCUT2D eigenvalue weighted by atomic mass is 16.2. The minimum absolute atomic E-state index is 0.0872. The topological polar surface area (TPSA) is 47.0 Å². The van der Waals surface area contributed by atoms with Crippen molar-refractivity contribution in [2.45, 2.75) is 25.7 Å². The average Bonchev–Trinajstić information content (AvgIpc) is 2.43. The first-order valence-electron chi connectivity index (χ1n) is 6.64. The van der Waals surface area contributed by atoms with Crippen molar-refractivity contribution in [2.24, 2.45) is 5.92 Å². The number of fused-ring (bicyclic) bond motifs is 1. The largest absolute Gasteiger partial charge is 0.299 e. The van der Waals surface area contributed by atoms with Gasteiger partial charge < -0.3 is 0 Å². The zero-order valence-electron chi connectivity index (χ0n) is 10.6. The molecule has 19 heavy (non-hydrogen) atoms. The van der Waals surface area contributed by atoms with E-state index in [0.717, 1.165) is 16.5 Å². The van der Waals surface area contributed by atoms with Crippen LogP contribution < -0.4 is 0 Å². The van der Waals surface area contributed by atoms with Crippen LogP contribution in [0.2, 0.25) is 0 Å².